The maximum atomic E-state index is 14.4. The van der Waals surface area contributed by atoms with Crippen molar-refractivity contribution >= 4 is 67.2 Å². The number of Topliss-reactive ketones (excluding diaryl/α,β-unsaturated/α-hetero) is 1. The minimum atomic E-state index is -1.70. The van der Waals surface area contributed by atoms with Crippen LogP contribution in [0.1, 0.15) is 17.5 Å². The summed E-state index contributed by atoms with van der Waals surface area (Å²) in [6.07, 6.45) is 1.76. The van der Waals surface area contributed by atoms with Crippen LogP contribution in [0.15, 0.2) is 48.5 Å². The topological polar surface area (TPSA) is 86.7 Å². The van der Waals surface area contributed by atoms with E-state index < -0.39 is 34.5 Å². The molecule has 0 amide bonds. The van der Waals surface area contributed by atoms with Crippen molar-refractivity contribution in [2.75, 3.05) is 26.2 Å². The van der Waals surface area contributed by atoms with Crippen molar-refractivity contribution in [3.05, 3.63) is 59.7 Å². The van der Waals surface area contributed by atoms with E-state index in [1.807, 2.05) is 48.5 Å². The third-order valence-electron chi connectivity index (χ3n) is 7.28. The van der Waals surface area contributed by atoms with Gasteiger partial charge in [-0.2, -0.15) is 0 Å². The third-order valence-corrected chi connectivity index (χ3v) is 9.27. The Balaban J connectivity index is 1.95. The number of fused-ring (bicyclic) bond motifs is 10. The lowest BCUT2D eigenvalue weighted by Crippen LogP contribution is -2.47. The van der Waals surface area contributed by atoms with Crippen LogP contribution in [0.2, 0.25) is 0 Å². The Labute approximate surface area is 204 Å². The minimum Gasteiger partial charge on any atom is -0.468 e. The molecule has 2 bridgehead atoms. The number of hydrogen-bond acceptors (Lipinski definition) is 8. The second-order valence-electron chi connectivity index (χ2n) is 8.53. The zero-order chi connectivity index (χ0) is 24.3. The number of rotatable bonds is 4. The van der Waals surface area contributed by atoms with Gasteiger partial charge in [0.15, 0.2) is 16.6 Å². The van der Waals surface area contributed by atoms with Crippen molar-refractivity contribution in [1.29, 1.82) is 0 Å². The number of ether oxygens (including phenoxy) is 2. The lowest BCUT2D eigenvalue weighted by molar-refractivity contribution is -0.154. The predicted octanol–water partition coefficient (Wildman–Crippen LogP) is 4.63. The van der Waals surface area contributed by atoms with Crippen molar-refractivity contribution < 1.29 is 28.7 Å². The molecule has 3 atom stereocenters. The van der Waals surface area contributed by atoms with E-state index in [4.69, 9.17) is 9.47 Å². The number of hydrogen-bond donors (Lipinski definition) is 0. The van der Waals surface area contributed by atoms with E-state index in [9.17, 15) is 19.2 Å². The Morgan fingerprint density at radius 2 is 1.41 bits per heavy atom. The lowest BCUT2D eigenvalue weighted by atomic mass is 9.67. The first kappa shape index (κ1) is 22.9. The first-order valence-corrected chi connectivity index (χ1v) is 13.0. The highest BCUT2D eigenvalue weighted by Crippen LogP contribution is 2.65. The number of esters is 2. The molecule has 0 radical (unpaired) electrons. The zero-order valence-corrected chi connectivity index (χ0v) is 20.5. The van der Waals surface area contributed by atoms with Crippen LogP contribution in [-0.4, -0.2) is 48.4 Å². The molecule has 0 spiro atoms. The Kier molecular flexibility index (Phi) is 5.48. The molecule has 34 heavy (non-hydrogen) atoms. The molecular weight excluding hydrogens is 472 g/mol. The zero-order valence-electron chi connectivity index (χ0n) is 18.9. The van der Waals surface area contributed by atoms with Crippen LogP contribution in [0.25, 0.3) is 21.5 Å². The van der Waals surface area contributed by atoms with Gasteiger partial charge >= 0.3 is 11.9 Å². The average Bonchev–Trinajstić information content (AvgIpc) is 3.28. The Hall–Kier alpha value is -2.84. The van der Waals surface area contributed by atoms with Gasteiger partial charge in [-0.1, -0.05) is 72.1 Å². The monoisotopic (exact) mass is 494 g/mol. The Morgan fingerprint density at radius 1 is 0.882 bits per heavy atom. The summed E-state index contributed by atoms with van der Waals surface area (Å²) in [5, 5.41) is 3.25. The number of thioether (sulfide) groups is 2. The molecule has 2 aliphatic rings. The SMILES string of the molecule is COC(=O)[C@@]12C[C@H](CSC(=O)SC)[C@@](C(=O)OC)(C1=O)c1c2c2ccccc2c2ccccc12. The molecule has 1 fully saturated rings. The van der Waals surface area contributed by atoms with Crippen molar-refractivity contribution in [3.63, 3.8) is 0 Å². The standard InChI is InChI=1S/C26H22O6S2/c1-31-22(28)25-12-14(13-34-24(30)33-3)26(21(25)27,23(29)32-2)20-18-11-7-5-9-16(18)15-8-4-6-10-17(15)19(20)25/h4-11,14H,12-13H2,1-3H3/t14-,25-,26+/m1/s1. The summed E-state index contributed by atoms with van der Waals surface area (Å²) in [5.74, 6) is -2.31. The largest absolute Gasteiger partial charge is 0.468 e. The number of methoxy groups -OCH3 is 2. The molecule has 3 aromatic rings. The summed E-state index contributed by atoms with van der Waals surface area (Å²) in [4.78, 5) is 53.6. The molecule has 6 nitrogen and oxygen atoms in total. The average molecular weight is 495 g/mol. The molecule has 5 rings (SSSR count). The van der Waals surface area contributed by atoms with Gasteiger partial charge in [-0.25, -0.2) is 0 Å². The van der Waals surface area contributed by atoms with Gasteiger partial charge in [-0.15, -0.1) is 0 Å². The van der Waals surface area contributed by atoms with Crippen molar-refractivity contribution in [2.45, 2.75) is 17.3 Å². The van der Waals surface area contributed by atoms with Gasteiger partial charge < -0.3 is 9.47 Å². The van der Waals surface area contributed by atoms with Gasteiger partial charge in [-0.05, 0) is 51.3 Å². The highest BCUT2D eigenvalue weighted by atomic mass is 32.2. The maximum Gasteiger partial charge on any atom is 0.324 e. The normalized spacial score (nSPS) is 24.9. The summed E-state index contributed by atoms with van der Waals surface area (Å²) in [7, 11) is 2.51. The van der Waals surface area contributed by atoms with Gasteiger partial charge in [0.2, 0.25) is 4.45 Å². The fourth-order valence-electron chi connectivity index (χ4n) is 6.05. The lowest BCUT2D eigenvalue weighted by Gasteiger charge is -2.35. The van der Waals surface area contributed by atoms with Crippen molar-refractivity contribution in [3.8, 4) is 0 Å². The molecule has 2 aliphatic carbocycles. The van der Waals surface area contributed by atoms with Crippen molar-refractivity contribution in [1.82, 2.24) is 0 Å². The summed E-state index contributed by atoms with van der Waals surface area (Å²) in [5.41, 5.74) is -2.30. The van der Waals surface area contributed by atoms with Crippen LogP contribution in [-0.2, 0) is 34.7 Å². The van der Waals surface area contributed by atoms with E-state index in [0.29, 0.717) is 11.1 Å². The van der Waals surface area contributed by atoms with E-state index in [1.165, 1.54) is 14.2 Å². The molecule has 0 N–H and O–H groups in total. The second kappa shape index (κ2) is 8.13. The number of carbonyl (C=O) groups is 4. The molecule has 8 heteroatoms. The molecule has 0 heterocycles. The quantitative estimate of drug-likeness (QED) is 0.295. The molecule has 0 aliphatic heterocycles. The summed E-state index contributed by atoms with van der Waals surface area (Å²) in [6, 6.07) is 15.2. The number of carbonyl (C=O) groups excluding carboxylic acids is 4. The second-order valence-corrected chi connectivity index (χ2v) is 10.6. The fraction of sp³-hybridized carbons (Fsp3) is 0.308. The van der Waals surface area contributed by atoms with E-state index >= 15 is 0 Å². The Morgan fingerprint density at radius 3 is 1.94 bits per heavy atom. The van der Waals surface area contributed by atoms with Gasteiger partial charge in [0, 0.05) is 5.75 Å². The van der Waals surface area contributed by atoms with Gasteiger partial charge in [0.1, 0.15) is 0 Å². The number of benzene rings is 3. The van der Waals surface area contributed by atoms with Crippen LogP contribution in [0.5, 0.6) is 0 Å². The van der Waals surface area contributed by atoms with Crippen LogP contribution < -0.4 is 0 Å². The molecule has 0 unspecified atom stereocenters. The highest BCUT2D eigenvalue weighted by molar-refractivity contribution is 8.38. The highest BCUT2D eigenvalue weighted by Gasteiger charge is 2.77. The van der Waals surface area contributed by atoms with Crippen molar-refractivity contribution in [2.24, 2.45) is 5.92 Å². The minimum absolute atomic E-state index is 0.0810. The molecule has 0 saturated heterocycles. The van der Waals surface area contributed by atoms with E-state index in [1.54, 1.807) is 6.26 Å². The van der Waals surface area contributed by atoms with Crippen LogP contribution in [0.3, 0.4) is 0 Å². The third kappa shape index (κ3) is 2.66. The summed E-state index contributed by atoms with van der Waals surface area (Å²) < 4.78 is 10.3. The first-order valence-electron chi connectivity index (χ1n) is 10.8. The maximum absolute atomic E-state index is 14.4. The van der Waals surface area contributed by atoms with Gasteiger partial charge in [-0.3, -0.25) is 19.2 Å². The summed E-state index contributed by atoms with van der Waals surface area (Å²) >= 11 is 2.13. The first-order chi connectivity index (χ1) is 16.4. The predicted molar refractivity (Wildman–Crippen MR) is 133 cm³/mol. The van der Waals surface area contributed by atoms with Crippen LogP contribution >= 0.6 is 23.5 Å². The van der Waals surface area contributed by atoms with Crippen LogP contribution in [0, 0.1) is 5.92 Å². The Bertz CT molecular complexity index is 1400. The molecule has 0 aromatic heterocycles. The smallest absolute Gasteiger partial charge is 0.324 e. The number of ketones is 1. The molecule has 174 valence electrons. The van der Waals surface area contributed by atoms with Gasteiger partial charge in [0.25, 0.3) is 0 Å². The van der Waals surface area contributed by atoms with E-state index in [2.05, 4.69) is 0 Å². The van der Waals surface area contributed by atoms with E-state index in [-0.39, 0.29) is 16.6 Å². The van der Waals surface area contributed by atoms with Crippen LogP contribution in [0.4, 0.5) is 4.79 Å². The molecular formula is C26H22O6S2. The fourth-order valence-corrected chi connectivity index (χ4v) is 7.43. The molecule has 3 aromatic carbocycles. The van der Waals surface area contributed by atoms with E-state index in [0.717, 1.165) is 45.1 Å². The summed E-state index contributed by atoms with van der Waals surface area (Å²) in [6.45, 7) is 0. The molecule has 1 saturated carbocycles. The van der Waals surface area contributed by atoms with Gasteiger partial charge in [0.05, 0.1) is 14.2 Å².